The number of benzene rings is 1. The maximum Gasteiger partial charge on any atom is 0.416 e. The summed E-state index contributed by atoms with van der Waals surface area (Å²) in [5.41, 5.74) is 0.480. The van der Waals surface area contributed by atoms with Crippen molar-refractivity contribution in [3.8, 4) is 5.69 Å². The van der Waals surface area contributed by atoms with E-state index in [1.165, 1.54) is 49.0 Å². The minimum absolute atomic E-state index is 0.0821. The fourth-order valence-corrected chi connectivity index (χ4v) is 2.46. The average molecular weight is 361 g/mol. The van der Waals surface area contributed by atoms with Crippen LogP contribution in [-0.4, -0.2) is 57.5 Å². The highest BCUT2D eigenvalue weighted by atomic mass is 19.1. The van der Waals surface area contributed by atoms with Crippen LogP contribution in [0, 0.1) is 5.82 Å². The van der Waals surface area contributed by atoms with Crippen LogP contribution in [0.2, 0.25) is 0 Å². The molecule has 1 unspecified atom stereocenters. The Labute approximate surface area is 147 Å². The summed E-state index contributed by atoms with van der Waals surface area (Å²) in [5, 5.41) is 7.39. The van der Waals surface area contributed by atoms with Gasteiger partial charge in [0.25, 0.3) is 0 Å². The van der Waals surface area contributed by atoms with E-state index in [4.69, 9.17) is 4.74 Å². The highest BCUT2D eigenvalue weighted by Gasteiger charge is 2.36. The molecule has 1 aliphatic rings. The first-order valence-electron chi connectivity index (χ1n) is 7.72. The number of nitrogens with zero attached hydrogens (tertiary/aromatic N) is 5. The number of likely N-dealkylation sites (N-methyl/N-ethyl adjacent to an activating group) is 1. The third-order valence-corrected chi connectivity index (χ3v) is 4.07. The molecular formula is C16H16FN5O4. The van der Waals surface area contributed by atoms with Crippen LogP contribution in [-0.2, 0) is 9.53 Å². The average Bonchev–Trinajstić information content (AvgIpc) is 3.21. The lowest BCUT2D eigenvalue weighted by molar-refractivity contribution is -0.134. The van der Waals surface area contributed by atoms with Crippen LogP contribution < -0.4 is 4.90 Å². The largest absolute Gasteiger partial charge is 0.423 e. The maximum atomic E-state index is 14.5. The summed E-state index contributed by atoms with van der Waals surface area (Å²) in [4.78, 5) is 37.2. The predicted molar refractivity (Wildman–Crippen MR) is 87.4 cm³/mol. The van der Waals surface area contributed by atoms with Crippen molar-refractivity contribution in [3.05, 3.63) is 35.9 Å². The van der Waals surface area contributed by atoms with Crippen molar-refractivity contribution in [1.29, 1.82) is 0 Å². The maximum absolute atomic E-state index is 14.5. The Kier molecular flexibility index (Phi) is 4.41. The molecule has 136 valence electrons. The lowest BCUT2D eigenvalue weighted by atomic mass is 10.2. The molecule has 0 spiro atoms. The number of hydrogen-bond acceptors (Lipinski definition) is 6. The number of carbonyl (C=O) groups excluding carboxylic acids is 3. The van der Waals surface area contributed by atoms with Crippen molar-refractivity contribution in [2.45, 2.75) is 20.1 Å². The SMILES string of the molecule is CC(=O)c1cn(-c2ccc(N3CC(N(C)C(C)=O)OC3=O)cc2F)nn1. The van der Waals surface area contributed by atoms with Gasteiger partial charge in [0.2, 0.25) is 5.91 Å². The zero-order valence-corrected chi connectivity index (χ0v) is 14.3. The molecular weight excluding hydrogens is 345 g/mol. The molecule has 0 bridgehead atoms. The van der Waals surface area contributed by atoms with Gasteiger partial charge in [0, 0.05) is 20.9 Å². The number of anilines is 1. The lowest BCUT2D eigenvalue weighted by Crippen LogP contribution is -2.38. The minimum atomic E-state index is -0.740. The molecule has 0 aliphatic carbocycles. The number of rotatable bonds is 4. The number of ether oxygens (including phenoxy) is 1. The predicted octanol–water partition coefficient (Wildman–Crippen LogP) is 1.37. The second kappa shape index (κ2) is 6.54. The summed E-state index contributed by atoms with van der Waals surface area (Å²) in [6.45, 7) is 2.78. The van der Waals surface area contributed by atoms with Gasteiger partial charge >= 0.3 is 6.09 Å². The van der Waals surface area contributed by atoms with Crippen LogP contribution in [0.15, 0.2) is 24.4 Å². The van der Waals surface area contributed by atoms with E-state index < -0.39 is 18.1 Å². The molecule has 2 heterocycles. The van der Waals surface area contributed by atoms with Crippen LogP contribution in [0.25, 0.3) is 5.69 Å². The standard InChI is InChI=1S/C16H16FN5O4/c1-9(23)13-7-22(19-18-13)14-5-4-11(6-12(14)17)21-8-15(26-16(21)25)20(3)10(2)24/h4-7,15H,8H2,1-3H3. The van der Waals surface area contributed by atoms with Crippen LogP contribution in [0.3, 0.4) is 0 Å². The third kappa shape index (κ3) is 3.13. The molecule has 26 heavy (non-hydrogen) atoms. The molecule has 0 N–H and O–H groups in total. The first-order chi connectivity index (χ1) is 12.3. The number of aromatic nitrogens is 3. The molecule has 1 aromatic heterocycles. The molecule has 0 radical (unpaired) electrons. The summed E-state index contributed by atoms with van der Waals surface area (Å²) in [6, 6.07) is 4.09. The number of amides is 2. The zero-order valence-electron chi connectivity index (χ0n) is 14.3. The minimum Gasteiger partial charge on any atom is -0.423 e. The highest BCUT2D eigenvalue weighted by Crippen LogP contribution is 2.26. The van der Waals surface area contributed by atoms with E-state index in [1.807, 2.05) is 0 Å². The summed E-state index contributed by atoms with van der Waals surface area (Å²) >= 11 is 0. The lowest BCUT2D eigenvalue weighted by Gasteiger charge is -2.20. The van der Waals surface area contributed by atoms with Crippen molar-refractivity contribution in [1.82, 2.24) is 19.9 Å². The van der Waals surface area contributed by atoms with E-state index in [-0.39, 0.29) is 35.3 Å². The van der Waals surface area contributed by atoms with Gasteiger partial charge in [-0.1, -0.05) is 5.21 Å². The van der Waals surface area contributed by atoms with Gasteiger partial charge in [-0.15, -0.1) is 5.10 Å². The summed E-state index contributed by atoms with van der Waals surface area (Å²) in [5.74, 6) is -1.19. The fraction of sp³-hybridized carbons (Fsp3) is 0.312. The molecule has 1 aliphatic heterocycles. The summed E-state index contributed by atoms with van der Waals surface area (Å²) < 4.78 is 20.8. The molecule has 3 rings (SSSR count). The number of carbonyl (C=O) groups is 3. The van der Waals surface area contributed by atoms with Crippen molar-refractivity contribution in [2.75, 3.05) is 18.5 Å². The van der Waals surface area contributed by atoms with Gasteiger partial charge in [-0.2, -0.15) is 0 Å². The van der Waals surface area contributed by atoms with Crippen molar-refractivity contribution in [2.24, 2.45) is 0 Å². The second-order valence-corrected chi connectivity index (χ2v) is 5.82. The quantitative estimate of drug-likeness (QED) is 0.763. The highest BCUT2D eigenvalue weighted by molar-refractivity contribution is 5.92. The van der Waals surface area contributed by atoms with Crippen molar-refractivity contribution in [3.63, 3.8) is 0 Å². The van der Waals surface area contributed by atoms with Gasteiger partial charge in [0.05, 0.1) is 18.4 Å². The number of hydrogen-bond donors (Lipinski definition) is 0. The molecule has 0 saturated carbocycles. The smallest absolute Gasteiger partial charge is 0.416 e. The van der Waals surface area contributed by atoms with Gasteiger partial charge in [-0.05, 0) is 18.2 Å². The Bertz CT molecular complexity index is 897. The number of ketones is 1. The molecule has 1 saturated heterocycles. The van der Waals surface area contributed by atoms with Gasteiger partial charge in [-0.25, -0.2) is 13.9 Å². The Balaban J connectivity index is 1.84. The van der Waals surface area contributed by atoms with Crippen LogP contribution in [0.4, 0.5) is 14.9 Å². The molecule has 9 nitrogen and oxygen atoms in total. The van der Waals surface area contributed by atoms with Gasteiger partial charge in [0.1, 0.15) is 11.4 Å². The molecule has 2 amide bonds. The van der Waals surface area contributed by atoms with E-state index >= 15 is 0 Å². The molecule has 1 atom stereocenters. The Morgan fingerprint density at radius 1 is 1.35 bits per heavy atom. The van der Waals surface area contributed by atoms with E-state index in [9.17, 15) is 18.8 Å². The number of cyclic esters (lactones) is 1. The van der Waals surface area contributed by atoms with Crippen LogP contribution in [0.1, 0.15) is 24.3 Å². The van der Waals surface area contributed by atoms with Gasteiger partial charge in [-0.3, -0.25) is 14.5 Å². The van der Waals surface area contributed by atoms with Crippen molar-refractivity contribution < 1.29 is 23.5 Å². The Morgan fingerprint density at radius 3 is 2.65 bits per heavy atom. The Hall–Kier alpha value is -3.30. The number of Topliss-reactive ketones (excluding diaryl/α,β-unsaturated/α-hetero) is 1. The second-order valence-electron chi connectivity index (χ2n) is 5.82. The van der Waals surface area contributed by atoms with E-state index in [0.29, 0.717) is 0 Å². The molecule has 2 aromatic rings. The van der Waals surface area contributed by atoms with Crippen LogP contribution in [0.5, 0.6) is 0 Å². The third-order valence-electron chi connectivity index (χ3n) is 4.07. The van der Waals surface area contributed by atoms with E-state index in [2.05, 4.69) is 10.3 Å². The fourth-order valence-electron chi connectivity index (χ4n) is 2.46. The van der Waals surface area contributed by atoms with Crippen LogP contribution >= 0.6 is 0 Å². The topological polar surface area (TPSA) is 97.6 Å². The summed E-state index contributed by atoms with van der Waals surface area (Å²) in [7, 11) is 1.52. The first kappa shape index (κ1) is 17.5. The first-order valence-corrected chi connectivity index (χ1v) is 7.72. The van der Waals surface area contributed by atoms with E-state index in [0.717, 1.165) is 10.7 Å². The Morgan fingerprint density at radius 2 is 2.08 bits per heavy atom. The molecule has 1 fully saturated rings. The molecule has 10 heteroatoms. The molecule has 1 aromatic carbocycles. The van der Waals surface area contributed by atoms with Crippen molar-refractivity contribution >= 4 is 23.5 Å². The number of halogens is 1. The summed E-state index contributed by atoms with van der Waals surface area (Å²) in [6.07, 6.45) is -0.0893. The van der Waals surface area contributed by atoms with E-state index in [1.54, 1.807) is 0 Å². The van der Waals surface area contributed by atoms with Gasteiger partial charge < -0.3 is 9.64 Å². The zero-order chi connectivity index (χ0) is 19.0. The monoisotopic (exact) mass is 361 g/mol. The van der Waals surface area contributed by atoms with Gasteiger partial charge in [0.15, 0.2) is 17.8 Å². The normalized spacial score (nSPS) is 16.5.